The number of nitrogens with zero attached hydrogens (tertiary/aromatic N) is 1. The molecule has 0 aliphatic carbocycles. The normalized spacial score (nSPS) is 25.4. The number of aryl methyl sites for hydroxylation is 1. The Morgan fingerprint density at radius 3 is 2.16 bits per heavy atom. The lowest BCUT2D eigenvalue weighted by molar-refractivity contribution is 0.204. The van der Waals surface area contributed by atoms with Crippen LogP contribution in [0.15, 0.2) is 24.3 Å². The van der Waals surface area contributed by atoms with E-state index in [-0.39, 0.29) is 17.8 Å². The average Bonchev–Trinajstić information content (AvgIpc) is 2.31. The first kappa shape index (κ1) is 14.5. The van der Waals surface area contributed by atoms with Gasteiger partial charge in [-0.1, -0.05) is 36.2 Å². The third kappa shape index (κ3) is 3.37. The highest BCUT2D eigenvalue weighted by Crippen LogP contribution is 2.27. The zero-order valence-electron chi connectivity index (χ0n) is 12.0. The monoisotopic (exact) mass is 281 g/mol. The zero-order valence-corrected chi connectivity index (χ0v) is 12.8. The van der Waals surface area contributed by atoms with Gasteiger partial charge in [-0.3, -0.25) is 0 Å². The van der Waals surface area contributed by atoms with E-state index < -0.39 is 10.0 Å². The lowest BCUT2D eigenvalue weighted by atomic mass is 10.0. The zero-order chi connectivity index (χ0) is 14.0. The summed E-state index contributed by atoms with van der Waals surface area (Å²) in [5.41, 5.74) is 2.02. The van der Waals surface area contributed by atoms with Gasteiger partial charge in [0.1, 0.15) is 0 Å². The molecule has 0 amide bonds. The molecule has 2 atom stereocenters. The van der Waals surface area contributed by atoms with Crippen molar-refractivity contribution < 1.29 is 8.42 Å². The summed E-state index contributed by atoms with van der Waals surface area (Å²) in [4.78, 5) is 0. The molecule has 0 saturated carbocycles. The molecule has 1 aliphatic rings. The minimum Gasteiger partial charge on any atom is -0.212 e. The van der Waals surface area contributed by atoms with Gasteiger partial charge in [0.2, 0.25) is 10.0 Å². The maximum atomic E-state index is 12.6. The second-order valence-electron chi connectivity index (χ2n) is 5.70. The van der Waals surface area contributed by atoms with E-state index in [1.54, 1.807) is 4.31 Å². The van der Waals surface area contributed by atoms with E-state index in [1.165, 1.54) is 0 Å². The van der Waals surface area contributed by atoms with Crippen LogP contribution in [0.2, 0.25) is 0 Å². The summed E-state index contributed by atoms with van der Waals surface area (Å²) in [7, 11) is -3.21. The van der Waals surface area contributed by atoms with Crippen molar-refractivity contribution in [3.8, 4) is 0 Å². The van der Waals surface area contributed by atoms with Gasteiger partial charge in [-0.15, -0.1) is 0 Å². The summed E-state index contributed by atoms with van der Waals surface area (Å²) in [5.74, 6) is 0.113. The summed E-state index contributed by atoms with van der Waals surface area (Å²) in [6.45, 7) is 6.04. The molecule has 4 heteroatoms. The van der Waals surface area contributed by atoms with Crippen molar-refractivity contribution in [2.75, 3.05) is 0 Å². The standard InChI is InChI=1S/C15H23NO2S/c1-12-7-9-15(10-8-12)11-19(17,18)16-13(2)5-4-6-14(16)3/h7-10,13-14H,4-6,11H2,1-3H3. The predicted octanol–water partition coefficient (Wildman–Crippen LogP) is 3.09. The molecule has 1 aliphatic heterocycles. The highest BCUT2D eigenvalue weighted by molar-refractivity contribution is 7.88. The van der Waals surface area contributed by atoms with E-state index in [4.69, 9.17) is 0 Å². The minimum atomic E-state index is -3.21. The first-order valence-corrected chi connectivity index (χ1v) is 8.58. The molecule has 1 saturated heterocycles. The van der Waals surface area contributed by atoms with Crippen LogP contribution in [0.3, 0.4) is 0 Å². The van der Waals surface area contributed by atoms with Crippen molar-refractivity contribution >= 4 is 10.0 Å². The summed E-state index contributed by atoms with van der Waals surface area (Å²) in [6.07, 6.45) is 3.06. The highest BCUT2D eigenvalue weighted by Gasteiger charge is 2.34. The predicted molar refractivity (Wildman–Crippen MR) is 78.4 cm³/mol. The Labute approximate surface area is 116 Å². The third-order valence-corrected chi connectivity index (χ3v) is 5.96. The first-order valence-electron chi connectivity index (χ1n) is 6.97. The molecule has 1 fully saturated rings. The fraction of sp³-hybridized carbons (Fsp3) is 0.600. The summed E-state index contributed by atoms with van der Waals surface area (Å²) in [6, 6.07) is 8.00. The Kier molecular flexibility index (Phi) is 4.31. The highest BCUT2D eigenvalue weighted by atomic mass is 32.2. The van der Waals surface area contributed by atoms with Gasteiger partial charge in [0.05, 0.1) is 5.75 Å². The fourth-order valence-electron chi connectivity index (χ4n) is 2.92. The molecule has 2 rings (SSSR count). The Balaban J connectivity index is 2.19. The number of benzene rings is 1. The van der Waals surface area contributed by atoms with Crippen LogP contribution in [0, 0.1) is 6.92 Å². The molecule has 1 aromatic carbocycles. The molecule has 106 valence electrons. The Hall–Kier alpha value is -0.870. The molecule has 0 spiro atoms. The summed E-state index contributed by atoms with van der Waals surface area (Å²) >= 11 is 0. The molecule has 0 bridgehead atoms. The molecule has 0 radical (unpaired) electrons. The molecule has 3 nitrogen and oxygen atoms in total. The fourth-order valence-corrected chi connectivity index (χ4v) is 4.99. The quantitative estimate of drug-likeness (QED) is 0.854. The maximum Gasteiger partial charge on any atom is 0.218 e. The lowest BCUT2D eigenvalue weighted by Gasteiger charge is -2.37. The van der Waals surface area contributed by atoms with E-state index in [9.17, 15) is 8.42 Å². The van der Waals surface area contributed by atoms with Gasteiger partial charge >= 0.3 is 0 Å². The molecule has 1 aromatic rings. The second-order valence-corrected chi connectivity index (χ2v) is 7.57. The van der Waals surface area contributed by atoms with E-state index >= 15 is 0 Å². The van der Waals surface area contributed by atoms with Crippen molar-refractivity contribution in [1.29, 1.82) is 0 Å². The van der Waals surface area contributed by atoms with Crippen LogP contribution in [0.4, 0.5) is 0 Å². The lowest BCUT2D eigenvalue weighted by Crippen LogP contribution is -2.47. The average molecular weight is 281 g/mol. The topological polar surface area (TPSA) is 37.4 Å². The van der Waals surface area contributed by atoms with E-state index in [1.807, 2.05) is 45.0 Å². The summed E-state index contributed by atoms with van der Waals surface area (Å²) in [5, 5.41) is 0. The molecular weight excluding hydrogens is 258 g/mol. The van der Waals surface area contributed by atoms with Crippen molar-refractivity contribution in [2.24, 2.45) is 0 Å². The molecule has 0 aromatic heterocycles. The molecule has 1 heterocycles. The van der Waals surface area contributed by atoms with Gasteiger partial charge < -0.3 is 0 Å². The number of rotatable bonds is 3. The van der Waals surface area contributed by atoms with Gasteiger partial charge in [0.25, 0.3) is 0 Å². The van der Waals surface area contributed by atoms with Crippen molar-refractivity contribution in [3.05, 3.63) is 35.4 Å². The molecular formula is C15H23NO2S. The molecule has 19 heavy (non-hydrogen) atoms. The van der Waals surface area contributed by atoms with Crippen molar-refractivity contribution in [3.63, 3.8) is 0 Å². The van der Waals surface area contributed by atoms with Crippen LogP contribution in [-0.2, 0) is 15.8 Å². The third-order valence-electron chi connectivity index (χ3n) is 3.90. The van der Waals surface area contributed by atoms with Gasteiger partial charge in [0.15, 0.2) is 0 Å². The van der Waals surface area contributed by atoms with Gasteiger partial charge in [0, 0.05) is 12.1 Å². The Bertz CT molecular complexity index is 512. The van der Waals surface area contributed by atoms with Crippen LogP contribution in [0.5, 0.6) is 0 Å². The number of hydrogen-bond donors (Lipinski definition) is 0. The van der Waals surface area contributed by atoms with Crippen LogP contribution in [0.1, 0.15) is 44.2 Å². The van der Waals surface area contributed by atoms with Crippen LogP contribution < -0.4 is 0 Å². The van der Waals surface area contributed by atoms with Crippen molar-refractivity contribution in [1.82, 2.24) is 4.31 Å². The van der Waals surface area contributed by atoms with Crippen LogP contribution >= 0.6 is 0 Å². The van der Waals surface area contributed by atoms with Gasteiger partial charge in [-0.2, -0.15) is 4.31 Å². The molecule has 2 unspecified atom stereocenters. The van der Waals surface area contributed by atoms with Crippen LogP contribution in [-0.4, -0.2) is 24.8 Å². The van der Waals surface area contributed by atoms with E-state index in [0.29, 0.717) is 0 Å². The number of hydrogen-bond acceptors (Lipinski definition) is 2. The Morgan fingerprint density at radius 2 is 1.63 bits per heavy atom. The largest absolute Gasteiger partial charge is 0.218 e. The first-order chi connectivity index (χ1) is 8.90. The smallest absolute Gasteiger partial charge is 0.212 e. The Morgan fingerprint density at radius 1 is 1.11 bits per heavy atom. The van der Waals surface area contributed by atoms with Crippen LogP contribution in [0.25, 0.3) is 0 Å². The van der Waals surface area contributed by atoms with Gasteiger partial charge in [-0.05, 0) is 39.2 Å². The van der Waals surface area contributed by atoms with Gasteiger partial charge in [-0.25, -0.2) is 8.42 Å². The number of sulfonamides is 1. The minimum absolute atomic E-state index is 0.113. The number of piperidine rings is 1. The second kappa shape index (κ2) is 5.63. The van der Waals surface area contributed by atoms with Crippen molar-refractivity contribution in [2.45, 2.75) is 57.9 Å². The van der Waals surface area contributed by atoms with E-state index in [2.05, 4.69) is 0 Å². The summed E-state index contributed by atoms with van der Waals surface area (Å²) < 4.78 is 26.9. The maximum absolute atomic E-state index is 12.6. The SMILES string of the molecule is Cc1ccc(CS(=O)(=O)N2C(C)CCCC2C)cc1. The molecule has 0 N–H and O–H groups in total. The van der Waals surface area contributed by atoms with E-state index in [0.717, 1.165) is 30.4 Å².